The van der Waals surface area contributed by atoms with Gasteiger partial charge in [-0.25, -0.2) is 0 Å². The predicted octanol–water partition coefficient (Wildman–Crippen LogP) is 3.98. The lowest BCUT2D eigenvalue weighted by atomic mass is 10.0. The van der Waals surface area contributed by atoms with Crippen LogP contribution in [0.1, 0.15) is 10.4 Å². The van der Waals surface area contributed by atoms with Gasteiger partial charge in [-0.1, -0.05) is 54.2 Å². The fourth-order valence-electron chi connectivity index (χ4n) is 1.67. The third-order valence-electron chi connectivity index (χ3n) is 2.55. The van der Waals surface area contributed by atoms with Crippen molar-refractivity contribution in [2.75, 3.05) is 6.26 Å². The second-order valence-electron chi connectivity index (χ2n) is 3.58. The number of benzene rings is 2. The minimum atomic E-state index is -3.37. The zero-order valence-electron chi connectivity index (χ0n) is 9.11. The lowest BCUT2D eigenvalue weighted by Crippen LogP contribution is -2.24. The van der Waals surface area contributed by atoms with E-state index in [4.69, 9.17) is 0 Å². The molecule has 1 nitrogen and oxygen atoms in total. The number of rotatable bonds is 3. The lowest BCUT2D eigenvalue weighted by Gasteiger charge is -2.13. The summed E-state index contributed by atoms with van der Waals surface area (Å²) in [6.07, 6.45) is 1.23. The van der Waals surface area contributed by atoms with Gasteiger partial charge in [0, 0.05) is 5.56 Å². The van der Waals surface area contributed by atoms with Crippen molar-refractivity contribution in [2.24, 2.45) is 0 Å². The predicted molar refractivity (Wildman–Crippen MR) is 66.7 cm³/mol. The van der Waals surface area contributed by atoms with Crippen LogP contribution in [0.5, 0.6) is 0 Å². The quantitative estimate of drug-likeness (QED) is 0.769. The molecule has 2 aromatic rings. The van der Waals surface area contributed by atoms with Gasteiger partial charge in [0.15, 0.2) is 0 Å². The molecule has 0 atom stereocenters. The topological polar surface area (TPSA) is 17.1 Å². The molecule has 0 amide bonds. The Morgan fingerprint density at radius 3 is 2.47 bits per heavy atom. The van der Waals surface area contributed by atoms with E-state index in [1.165, 1.54) is 12.3 Å². The van der Waals surface area contributed by atoms with Crippen LogP contribution in [0.15, 0.2) is 42.5 Å². The van der Waals surface area contributed by atoms with Crippen molar-refractivity contribution < 1.29 is 13.6 Å². The van der Waals surface area contributed by atoms with Crippen molar-refractivity contribution in [3.05, 3.63) is 48.0 Å². The van der Waals surface area contributed by atoms with Gasteiger partial charge < -0.3 is 0 Å². The summed E-state index contributed by atoms with van der Waals surface area (Å²) in [5, 5.41) is -2.02. The summed E-state index contributed by atoms with van der Waals surface area (Å²) in [6.45, 7) is 0. The monoisotopic (exact) mass is 252 g/mol. The molecule has 2 rings (SSSR count). The van der Waals surface area contributed by atoms with Gasteiger partial charge in [-0.05, 0) is 17.0 Å². The van der Waals surface area contributed by atoms with Crippen molar-refractivity contribution in [3.8, 4) is 0 Å². The first-order chi connectivity index (χ1) is 8.06. The van der Waals surface area contributed by atoms with Crippen LogP contribution in [0.2, 0.25) is 0 Å². The van der Waals surface area contributed by atoms with Crippen LogP contribution in [0.25, 0.3) is 10.8 Å². The van der Waals surface area contributed by atoms with Crippen molar-refractivity contribution >= 4 is 28.3 Å². The van der Waals surface area contributed by atoms with Crippen LogP contribution in [0, 0.1) is 0 Å². The van der Waals surface area contributed by atoms with E-state index in [2.05, 4.69) is 0 Å². The van der Waals surface area contributed by atoms with E-state index in [0.717, 1.165) is 5.39 Å². The molecule has 0 spiro atoms. The van der Waals surface area contributed by atoms with E-state index in [1.54, 1.807) is 30.3 Å². The summed E-state index contributed by atoms with van der Waals surface area (Å²) in [4.78, 5) is 11.7. The van der Waals surface area contributed by atoms with Crippen LogP contribution in [-0.2, 0) is 0 Å². The molecule has 0 unspecified atom stereocenters. The van der Waals surface area contributed by atoms with E-state index in [-0.39, 0.29) is 17.3 Å². The molecule has 0 bridgehead atoms. The molecule has 0 aromatic heterocycles. The molecule has 17 heavy (non-hydrogen) atoms. The Hall–Kier alpha value is -1.42. The second kappa shape index (κ2) is 4.45. The average molecular weight is 252 g/mol. The number of halogens is 2. The number of fused-ring (bicyclic) bond motifs is 1. The maximum Gasteiger partial charge on any atom is 0.355 e. The summed E-state index contributed by atoms with van der Waals surface area (Å²) in [7, 11) is 0. The van der Waals surface area contributed by atoms with Crippen LogP contribution in [0.3, 0.4) is 0 Å². The van der Waals surface area contributed by atoms with Gasteiger partial charge in [-0.3, -0.25) is 4.79 Å². The number of hydrogen-bond donors (Lipinski definition) is 0. The standard InChI is InChI=1S/C13H10F2OS/c1-17-13(14,15)12(16)11-8-4-6-9-5-2-3-7-10(9)11/h2-8H,1H3. The van der Waals surface area contributed by atoms with Crippen LogP contribution >= 0.6 is 11.8 Å². The molecule has 0 saturated carbocycles. The van der Waals surface area contributed by atoms with Crippen LogP contribution < -0.4 is 0 Å². The fourth-order valence-corrected chi connectivity index (χ4v) is 1.97. The van der Waals surface area contributed by atoms with E-state index in [0.29, 0.717) is 5.39 Å². The molecule has 0 aliphatic rings. The number of thioether (sulfide) groups is 1. The normalized spacial score (nSPS) is 11.7. The smallest absolute Gasteiger partial charge is 0.286 e. The zero-order valence-corrected chi connectivity index (χ0v) is 9.93. The first-order valence-electron chi connectivity index (χ1n) is 5.02. The Balaban J connectivity index is 2.60. The maximum atomic E-state index is 13.4. The molecular formula is C13H10F2OS. The van der Waals surface area contributed by atoms with E-state index in [1.807, 2.05) is 6.07 Å². The summed E-state index contributed by atoms with van der Waals surface area (Å²) in [6, 6.07) is 11.9. The minimum absolute atomic E-state index is 0.0717. The fraction of sp³-hybridized carbons (Fsp3) is 0.154. The number of carbonyl (C=O) groups is 1. The Bertz CT molecular complexity index is 561. The molecule has 0 heterocycles. The summed E-state index contributed by atoms with van der Waals surface area (Å²) in [5.74, 6) is -1.14. The van der Waals surface area contributed by atoms with Crippen LogP contribution in [0.4, 0.5) is 8.78 Å². The van der Waals surface area contributed by atoms with Crippen molar-refractivity contribution in [2.45, 2.75) is 5.25 Å². The van der Waals surface area contributed by atoms with Gasteiger partial charge in [0.1, 0.15) is 0 Å². The van der Waals surface area contributed by atoms with Gasteiger partial charge in [-0.2, -0.15) is 8.78 Å². The Morgan fingerprint density at radius 2 is 1.76 bits per heavy atom. The molecule has 0 aliphatic heterocycles. The first kappa shape index (κ1) is 12.0. The molecule has 0 N–H and O–H groups in total. The lowest BCUT2D eigenvalue weighted by molar-refractivity contribution is 0.0570. The molecule has 2 aromatic carbocycles. The third-order valence-corrected chi connectivity index (χ3v) is 3.25. The minimum Gasteiger partial charge on any atom is -0.286 e. The molecule has 0 fully saturated rings. The highest BCUT2D eigenvalue weighted by atomic mass is 32.2. The first-order valence-corrected chi connectivity index (χ1v) is 6.24. The summed E-state index contributed by atoms with van der Waals surface area (Å²) >= 11 is 0.256. The highest BCUT2D eigenvalue weighted by Crippen LogP contribution is 2.32. The van der Waals surface area contributed by atoms with Gasteiger partial charge in [-0.15, -0.1) is 0 Å². The number of ketones is 1. The van der Waals surface area contributed by atoms with Gasteiger partial charge in [0.2, 0.25) is 5.78 Å². The van der Waals surface area contributed by atoms with Crippen molar-refractivity contribution in [1.29, 1.82) is 0 Å². The number of alkyl halides is 2. The highest BCUT2D eigenvalue weighted by molar-refractivity contribution is 8.00. The molecule has 0 radical (unpaired) electrons. The second-order valence-corrected chi connectivity index (χ2v) is 4.50. The molecule has 0 aliphatic carbocycles. The largest absolute Gasteiger partial charge is 0.355 e. The summed E-state index contributed by atoms with van der Waals surface area (Å²) in [5.41, 5.74) is 0.0717. The Morgan fingerprint density at radius 1 is 1.12 bits per heavy atom. The third kappa shape index (κ3) is 2.17. The maximum absolute atomic E-state index is 13.4. The van der Waals surface area contributed by atoms with Crippen molar-refractivity contribution in [1.82, 2.24) is 0 Å². The van der Waals surface area contributed by atoms with E-state index >= 15 is 0 Å². The van der Waals surface area contributed by atoms with Gasteiger partial charge in [0.25, 0.3) is 0 Å². The SMILES string of the molecule is CSC(F)(F)C(=O)c1cccc2ccccc12. The summed E-state index contributed by atoms with van der Waals surface area (Å²) < 4.78 is 26.7. The van der Waals surface area contributed by atoms with Crippen molar-refractivity contribution in [3.63, 3.8) is 0 Å². The van der Waals surface area contributed by atoms with Crippen LogP contribution in [-0.4, -0.2) is 17.3 Å². The van der Waals surface area contributed by atoms with E-state index < -0.39 is 11.0 Å². The highest BCUT2D eigenvalue weighted by Gasteiger charge is 2.38. The molecule has 88 valence electrons. The molecule has 0 saturated heterocycles. The Labute approximate surface area is 102 Å². The molecule has 4 heteroatoms. The van der Waals surface area contributed by atoms with Gasteiger partial charge in [0.05, 0.1) is 0 Å². The Kier molecular flexibility index (Phi) is 3.15. The molecular weight excluding hydrogens is 242 g/mol. The van der Waals surface area contributed by atoms with Gasteiger partial charge >= 0.3 is 5.25 Å². The number of carbonyl (C=O) groups excluding carboxylic acids is 1. The zero-order chi connectivity index (χ0) is 12.5. The van der Waals surface area contributed by atoms with E-state index in [9.17, 15) is 13.6 Å². The number of Topliss-reactive ketones (excluding diaryl/α,β-unsaturated/α-hetero) is 1. The average Bonchev–Trinajstić information content (AvgIpc) is 2.37. The number of hydrogen-bond acceptors (Lipinski definition) is 2.